The minimum Gasteiger partial charge on any atom is -0.332 e. The zero-order valence-electron chi connectivity index (χ0n) is 14.9. The minimum absolute atomic E-state index is 1.16. The van der Waals surface area contributed by atoms with Gasteiger partial charge >= 0.3 is 0 Å². The number of unbranched alkanes of at least 4 members (excludes halogenated alkanes) is 4. The minimum atomic E-state index is 1.16. The zero-order chi connectivity index (χ0) is 15.5. The third kappa shape index (κ3) is 5.84. The van der Waals surface area contributed by atoms with Gasteiger partial charge in [-0.1, -0.05) is 53.4 Å². The summed E-state index contributed by atoms with van der Waals surface area (Å²) in [6.07, 6.45) is 13.7. The molecule has 1 heterocycles. The Morgan fingerprint density at radius 3 is 1.90 bits per heavy atom. The van der Waals surface area contributed by atoms with Gasteiger partial charge in [-0.2, -0.15) is 0 Å². The molecule has 2 heteroatoms. The monoisotopic (exact) mass is 292 g/mol. The molecular formula is C19H36N2. The lowest BCUT2D eigenvalue weighted by atomic mass is 10.1. The van der Waals surface area contributed by atoms with Gasteiger partial charge in [0.2, 0.25) is 0 Å². The van der Waals surface area contributed by atoms with Gasteiger partial charge in [-0.25, -0.2) is 4.98 Å². The van der Waals surface area contributed by atoms with Crippen molar-refractivity contribution in [1.82, 2.24) is 9.55 Å². The number of aromatic nitrogens is 2. The van der Waals surface area contributed by atoms with Crippen LogP contribution in [0, 0.1) is 0 Å². The summed E-state index contributed by atoms with van der Waals surface area (Å²) in [5.74, 6) is 1.36. The normalized spacial score (nSPS) is 11.2. The molecule has 0 radical (unpaired) electrons. The molecule has 0 atom stereocenters. The molecule has 0 spiro atoms. The summed E-state index contributed by atoms with van der Waals surface area (Å²) in [5, 5.41) is 0. The summed E-state index contributed by atoms with van der Waals surface area (Å²) >= 11 is 0. The highest BCUT2D eigenvalue weighted by Crippen LogP contribution is 2.20. The van der Waals surface area contributed by atoms with Gasteiger partial charge in [0.15, 0.2) is 0 Å². The summed E-state index contributed by atoms with van der Waals surface area (Å²) in [7, 11) is 0. The third-order valence-electron chi connectivity index (χ3n) is 4.26. The van der Waals surface area contributed by atoms with Crippen LogP contribution < -0.4 is 0 Å². The van der Waals surface area contributed by atoms with E-state index in [0.29, 0.717) is 0 Å². The molecule has 1 aromatic heterocycles. The molecule has 1 rings (SSSR count). The number of nitrogens with zero attached hydrogens (tertiary/aromatic N) is 2. The third-order valence-corrected chi connectivity index (χ3v) is 4.26. The Hall–Kier alpha value is -0.790. The molecule has 0 aliphatic heterocycles. The average molecular weight is 293 g/mol. The van der Waals surface area contributed by atoms with E-state index in [1.807, 2.05) is 0 Å². The highest BCUT2D eigenvalue weighted by Gasteiger charge is 2.15. The number of hydrogen-bond acceptors (Lipinski definition) is 1. The van der Waals surface area contributed by atoms with Crippen molar-refractivity contribution in [2.75, 3.05) is 0 Å². The lowest BCUT2D eigenvalue weighted by Crippen LogP contribution is -2.09. The Balaban J connectivity index is 2.99. The van der Waals surface area contributed by atoms with Gasteiger partial charge in [0, 0.05) is 18.7 Å². The second kappa shape index (κ2) is 10.9. The van der Waals surface area contributed by atoms with E-state index in [4.69, 9.17) is 4.98 Å². The van der Waals surface area contributed by atoms with Gasteiger partial charge in [0.25, 0.3) is 0 Å². The molecular weight excluding hydrogens is 256 g/mol. The summed E-state index contributed by atoms with van der Waals surface area (Å²) in [4.78, 5) is 5.05. The molecule has 0 aromatic carbocycles. The molecule has 2 nitrogen and oxygen atoms in total. The van der Waals surface area contributed by atoms with Gasteiger partial charge in [-0.05, 0) is 38.5 Å². The zero-order valence-corrected chi connectivity index (χ0v) is 14.9. The van der Waals surface area contributed by atoms with Crippen molar-refractivity contribution in [2.24, 2.45) is 0 Å². The largest absolute Gasteiger partial charge is 0.332 e. The first-order valence-corrected chi connectivity index (χ1v) is 9.35. The lowest BCUT2D eigenvalue weighted by Gasteiger charge is -2.12. The van der Waals surface area contributed by atoms with Crippen LogP contribution in [0.2, 0.25) is 0 Å². The quantitative estimate of drug-likeness (QED) is 0.482. The van der Waals surface area contributed by atoms with E-state index in [-0.39, 0.29) is 0 Å². The van der Waals surface area contributed by atoms with Crippen molar-refractivity contribution in [1.29, 1.82) is 0 Å². The fourth-order valence-electron chi connectivity index (χ4n) is 2.87. The first-order valence-electron chi connectivity index (χ1n) is 9.35. The van der Waals surface area contributed by atoms with Crippen LogP contribution in [0.5, 0.6) is 0 Å². The Morgan fingerprint density at radius 2 is 1.29 bits per heavy atom. The maximum absolute atomic E-state index is 5.05. The predicted molar refractivity (Wildman–Crippen MR) is 93.0 cm³/mol. The summed E-state index contributed by atoms with van der Waals surface area (Å²) in [6.45, 7) is 10.3. The van der Waals surface area contributed by atoms with Crippen LogP contribution in [0.25, 0.3) is 0 Å². The molecule has 0 fully saturated rings. The van der Waals surface area contributed by atoms with Gasteiger partial charge in [-0.3, -0.25) is 0 Å². The standard InChI is InChI=1S/C19H36N2/c1-5-9-13-17-18(14-10-6-2)21(16-12-8-4)19(20-17)15-11-7-3/h5-16H2,1-4H3. The van der Waals surface area contributed by atoms with Crippen LogP contribution in [-0.4, -0.2) is 9.55 Å². The topological polar surface area (TPSA) is 17.8 Å². The Morgan fingerprint density at radius 1 is 0.714 bits per heavy atom. The molecule has 0 aliphatic carbocycles. The number of rotatable bonds is 12. The van der Waals surface area contributed by atoms with Crippen molar-refractivity contribution in [3.8, 4) is 0 Å². The Labute approximate surface area is 132 Å². The van der Waals surface area contributed by atoms with Gasteiger partial charge in [-0.15, -0.1) is 0 Å². The highest BCUT2D eigenvalue weighted by atomic mass is 15.1. The van der Waals surface area contributed by atoms with Gasteiger partial charge in [0.05, 0.1) is 5.69 Å². The molecule has 0 amide bonds. The fraction of sp³-hybridized carbons (Fsp3) is 0.842. The van der Waals surface area contributed by atoms with Crippen LogP contribution in [0.15, 0.2) is 0 Å². The second-order valence-electron chi connectivity index (χ2n) is 6.24. The van der Waals surface area contributed by atoms with E-state index in [1.54, 1.807) is 5.69 Å². The second-order valence-corrected chi connectivity index (χ2v) is 6.24. The van der Waals surface area contributed by atoms with Crippen molar-refractivity contribution >= 4 is 0 Å². The maximum Gasteiger partial charge on any atom is 0.109 e. The van der Waals surface area contributed by atoms with E-state index in [0.717, 1.165) is 6.42 Å². The van der Waals surface area contributed by atoms with Crippen LogP contribution in [0.1, 0.15) is 96.3 Å². The first-order chi connectivity index (χ1) is 10.3. The molecule has 21 heavy (non-hydrogen) atoms. The number of hydrogen-bond donors (Lipinski definition) is 0. The number of aryl methyl sites for hydroxylation is 2. The first kappa shape index (κ1) is 18.3. The molecule has 0 bridgehead atoms. The summed E-state index contributed by atoms with van der Waals surface area (Å²) < 4.78 is 2.58. The Bertz CT molecular complexity index is 345. The molecule has 0 saturated heterocycles. The highest BCUT2D eigenvalue weighted by molar-refractivity contribution is 5.18. The van der Waals surface area contributed by atoms with Crippen LogP contribution >= 0.6 is 0 Å². The molecule has 1 aromatic rings. The van der Waals surface area contributed by atoms with E-state index in [2.05, 4.69) is 32.3 Å². The smallest absolute Gasteiger partial charge is 0.109 e. The molecule has 122 valence electrons. The molecule has 0 aliphatic rings. The van der Waals surface area contributed by atoms with E-state index in [1.165, 1.54) is 82.3 Å². The van der Waals surface area contributed by atoms with E-state index in [9.17, 15) is 0 Å². The number of imidazole rings is 1. The maximum atomic E-state index is 5.05. The molecule has 0 saturated carbocycles. The van der Waals surface area contributed by atoms with Crippen molar-refractivity contribution in [3.05, 3.63) is 17.2 Å². The van der Waals surface area contributed by atoms with E-state index >= 15 is 0 Å². The van der Waals surface area contributed by atoms with Gasteiger partial charge < -0.3 is 4.57 Å². The van der Waals surface area contributed by atoms with Gasteiger partial charge in [0.1, 0.15) is 5.82 Å². The van der Waals surface area contributed by atoms with Crippen molar-refractivity contribution in [2.45, 2.75) is 105 Å². The predicted octanol–water partition coefficient (Wildman–Crippen LogP) is 5.71. The van der Waals surface area contributed by atoms with Crippen LogP contribution in [-0.2, 0) is 25.8 Å². The fourth-order valence-corrected chi connectivity index (χ4v) is 2.87. The summed E-state index contributed by atoms with van der Waals surface area (Å²) in [6, 6.07) is 0. The summed E-state index contributed by atoms with van der Waals surface area (Å²) in [5.41, 5.74) is 2.97. The SMILES string of the molecule is CCCCc1nc(CCCC)n(CCCC)c1CCCC. The Kier molecular flexibility index (Phi) is 9.45. The average Bonchev–Trinajstić information content (AvgIpc) is 2.83. The lowest BCUT2D eigenvalue weighted by molar-refractivity contribution is 0.564. The van der Waals surface area contributed by atoms with Crippen LogP contribution in [0.4, 0.5) is 0 Å². The molecule has 0 unspecified atom stereocenters. The van der Waals surface area contributed by atoms with Crippen LogP contribution in [0.3, 0.4) is 0 Å². The molecule has 0 N–H and O–H groups in total. The van der Waals surface area contributed by atoms with Crippen molar-refractivity contribution in [3.63, 3.8) is 0 Å². The van der Waals surface area contributed by atoms with Crippen molar-refractivity contribution < 1.29 is 0 Å². The van der Waals surface area contributed by atoms with E-state index < -0.39 is 0 Å².